The molecule has 2 aromatic carbocycles. The number of benzene rings is 2. The molecule has 1 fully saturated rings. The zero-order valence-electron chi connectivity index (χ0n) is 20.8. The number of carbonyl (C=O) groups is 2. The van der Waals surface area contributed by atoms with Crippen molar-refractivity contribution in [2.75, 3.05) is 6.61 Å². The molecular weight excluding hydrogens is 511 g/mol. The maximum atomic E-state index is 14.2. The van der Waals surface area contributed by atoms with Crippen LogP contribution in [0.5, 0.6) is 0 Å². The third-order valence-corrected chi connectivity index (χ3v) is 6.97. The van der Waals surface area contributed by atoms with Crippen LogP contribution in [-0.2, 0) is 25.5 Å². The summed E-state index contributed by atoms with van der Waals surface area (Å²) in [6.07, 6.45) is 3.51. The van der Waals surface area contributed by atoms with Crippen molar-refractivity contribution in [3.63, 3.8) is 0 Å². The highest BCUT2D eigenvalue weighted by atomic mass is 35.5. The van der Waals surface area contributed by atoms with Crippen LogP contribution in [0, 0.1) is 0 Å². The summed E-state index contributed by atoms with van der Waals surface area (Å²) < 4.78 is 12.0. The molecule has 3 aromatic rings. The van der Waals surface area contributed by atoms with Crippen molar-refractivity contribution in [1.29, 1.82) is 0 Å². The number of esters is 1. The second-order valence-corrected chi connectivity index (χ2v) is 9.83. The summed E-state index contributed by atoms with van der Waals surface area (Å²) in [5, 5.41) is 1.17. The van der Waals surface area contributed by atoms with Crippen LogP contribution in [0.3, 0.4) is 0 Å². The minimum atomic E-state index is -0.805. The first kappa shape index (κ1) is 27.1. The second kappa shape index (κ2) is 12.5. The van der Waals surface area contributed by atoms with Crippen molar-refractivity contribution >= 4 is 35.1 Å². The van der Waals surface area contributed by atoms with E-state index in [4.69, 9.17) is 32.7 Å². The first-order valence-electron chi connectivity index (χ1n) is 12.5. The Morgan fingerprint density at radius 1 is 0.973 bits per heavy atom. The number of halogens is 2. The Labute approximate surface area is 227 Å². The van der Waals surface area contributed by atoms with E-state index in [1.807, 2.05) is 43.3 Å². The zero-order chi connectivity index (χ0) is 26.4. The third-order valence-electron chi connectivity index (χ3n) is 6.46. The number of aromatic nitrogens is 1. The maximum Gasteiger partial charge on any atom is 0.328 e. The minimum absolute atomic E-state index is 0.226. The molecule has 2 heterocycles. The molecule has 0 N–H and O–H groups in total. The van der Waals surface area contributed by atoms with Gasteiger partial charge in [-0.2, -0.15) is 0 Å². The zero-order valence-corrected chi connectivity index (χ0v) is 22.4. The number of hydrogen-bond acceptors (Lipinski definition) is 5. The average Bonchev–Trinajstić information content (AvgIpc) is 2.90. The molecule has 1 saturated heterocycles. The van der Waals surface area contributed by atoms with Crippen molar-refractivity contribution in [1.82, 2.24) is 9.88 Å². The highest BCUT2D eigenvalue weighted by molar-refractivity contribution is 6.30. The fraction of sp³-hybridized carbons (Fsp3) is 0.345. The van der Waals surface area contributed by atoms with Gasteiger partial charge < -0.3 is 14.4 Å². The molecule has 1 unspecified atom stereocenters. The molecule has 37 heavy (non-hydrogen) atoms. The maximum absolute atomic E-state index is 14.2. The second-order valence-electron chi connectivity index (χ2n) is 8.95. The highest BCUT2D eigenvalue weighted by Crippen LogP contribution is 2.44. The van der Waals surface area contributed by atoms with E-state index in [2.05, 4.69) is 4.98 Å². The standard InChI is InChI=1S/C29H30Cl2N2O4/c1-3-5-24(29(35)36-4-2)33-26(20-6-10-22(30)11-7-20)27(21-8-12-23(31)13-9-21)37-25(28(33)34)18-19-14-16-32-17-15-19/h6-17,24-27H,3-5,18H2,1-2H3/t24-,25+,26?,27+/m0/s1. The monoisotopic (exact) mass is 540 g/mol. The molecule has 0 bridgehead atoms. The molecule has 4 atom stereocenters. The van der Waals surface area contributed by atoms with E-state index in [1.165, 1.54) is 0 Å². The first-order chi connectivity index (χ1) is 17.9. The van der Waals surface area contributed by atoms with Crippen molar-refractivity contribution in [2.45, 2.75) is 57.4 Å². The average molecular weight is 541 g/mol. The predicted octanol–water partition coefficient (Wildman–Crippen LogP) is 6.37. The summed E-state index contributed by atoms with van der Waals surface area (Å²) in [4.78, 5) is 33.2. The van der Waals surface area contributed by atoms with Crippen LogP contribution >= 0.6 is 23.2 Å². The minimum Gasteiger partial charge on any atom is -0.464 e. The molecule has 4 rings (SSSR count). The van der Waals surface area contributed by atoms with Gasteiger partial charge in [-0.05, 0) is 66.4 Å². The number of carbonyl (C=O) groups excluding carboxylic acids is 2. The molecule has 6 nitrogen and oxygen atoms in total. The number of amides is 1. The number of rotatable bonds is 9. The fourth-order valence-electron chi connectivity index (χ4n) is 4.77. The Balaban J connectivity index is 1.86. The molecule has 0 radical (unpaired) electrons. The van der Waals surface area contributed by atoms with E-state index >= 15 is 0 Å². The van der Waals surface area contributed by atoms with Crippen LogP contribution in [-0.4, -0.2) is 40.5 Å². The number of pyridine rings is 1. The summed E-state index contributed by atoms with van der Waals surface area (Å²) >= 11 is 12.4. The van der Waals surface area contributed by atoms with Crippen LogP contribution in [0.15, 0.2) is 73.1 Å². The van der Waals surface area contributed by atoms with Gasteiger partial charge >= 0.3 is 5.97 Å². The fourth-order valence-corrected chi connectivity index (χ4v) is 5.02. The number of ether oxygens (including phenoxy) is 2. The van der Waals surface area contributed by atoms with Gasteiger partial charge in [0.15, 0.2) is 0 Å². The van der Waals surface area contributed by atoms with E-state index in [9.17, 15) is 9.59 Å². The first-order valence-corrected chi connectivity index (χ1v) is 13.2. The Kier molecular flexibility index (Phi) is 9.19. The van der Waals surface area contributed by atoms with Gasteiger partial charge in [0.25, 0.3) is 5.91 Å². The molecule has 0 saturated carbocycles. The van der Waals surface area contributed by atoms with Crippen LogP contribution < -0.4 is 0 Å². The summed E-state index contributed by atoms with van der Waals surface area (Å²) in [6.45, 7) is 3.98. The van der Waals surface area contributed by atoms with E-state index in [1.54, 1.807) is 48.5 Å². The topological polar surface area (TPSA) is 68.7 Å². The Morgan fingerprint density at radius 3 is 2.14 bits per heavy atom. The van der Waals surface area contributed by atoms with Gasteiger partial charge in [-0.1, -0.05) is 60.8 Å². The Hall–Kier alpha value is -2.93. The molecule has 1 aliphatic heterocycles. The Bertz CT molecular complexity index is 1190. The van der Waals surface area contributed by atoms with E-state index in [0.717, 1.165) is 16.7 Å². The van der Waals surface area contributed by atoms with Crippen molar-refractivity contribution in [2.24, 2.45) is 0 Å². The van der Waals surface area contributed by atoms with Gasteiger partial charge in [-0.25, -0.2) is 4.79 Å². The lowest BCUT2D eigenvalue weighted by molar-refractivity contribution is -0.186. The molecule has 1 amide bonds. The van der Waals surface area contributed by atoms with Crippen molar-refractivity contribution < 1.29 is 19.1 Å². The molecule has 194 valence electrons. The Morgan fingerprint density at radius 2 is 1.57 bits per heavy atom. The lowest BCUT2D eigenvalue weighted by Crippen LogP contribution is -2.57. The van der Waals surface area contributed by atoms with E-state index in [0.29, 0.717) is 29.3 Å². The summed E-state index contributed by atoms with van der Waals surface area (Å²) in [6, 6.07) is 17.1. The molecule has 1 aliphatic rings. The quantitative estimate of drug-likeness (QED) is 0.295. The normalized spacial score (nSPS) is 20.5. The van der Waals surface area contributed by atoms with Crippen molar-refractivity contribution in [3.8, 4) is 0 Å². The van der Waals surface area contributed by atoms with Gasteiger partial charge in [-0.3, -0.25) is 9.78 Å². The number of morpholine rings is 1. The molecule has 1 aromatic heterocycles. The summed E-state index contributed by atoms with van der Waals surface area (Å²) in [5.41, 5.74) is 2.57. The van der Waals surface area contributed by atoms with Crippen molar-refractivity contribution in [3.05, 3.63) is 99.8 Å². The van der Waals surface area contributed by atoms with E-state index < -0.39 is 30.3 Å². The SMILES string of the molecule is CCC[C@@H](C(=O)OCC)N1C(=O)[C@@H](Cc2ccncc2)O[C@H](c2ccc(Cl)cc2)C1c1ccc(Cl)cc1. The smallest absolute Gasteiger partial charge is 0.328 e. The van der Waals surface area contributed by atoms with Crippen LogP contribution in [0.25, 0.3) is 0 Å². The van der Waals surface area contributed by atoms with Gasteiger partial charge in [0.1, 0.15) is 18.2 Å². The van der Waals surface area contributed by atoms with Crippen LogP contribution in [0.4, 0.5) is 0 Å². The highest BCUT2D eigenvalue weighted by Gasteiger charge is 2.48. The number of nitrogens with zero attached hydrogens (tertiary/aromatic N) is 2. The largest absolute Gasteiger partial charge is 0.464 e. The van der Waals surface area contributed by atoms with Gasteiger partial charge in [0, 0.05) is 28.9 Å². The summed E-state index contributed by atoms with van der Waals surface area (Å²) in [5.74, 6) is -0.676. The molecular formula is C29H30Cl2N2O4. The van der Waals surface area contributed by atoms with Crippen LogP contribution in [0.2, 0.25) is 10.0 Å². The lowest BCUT2D eigenvalue weighted by Gasteiger charge is -2.47. The van der Waals surface area contributed by atoms with E-state index in [-0.39, 0.29) is 12.5 Å². The van der Waals surface area contributed by atoms with Gasteiger partial charge in [0.05, 0.1) is 12.6 Å². The number of hydrogen-bond donors (Lipinski definition) is 0. The van der Waals surface area contributed by atoms with Crippen LogP contribution in [0.1, 0.15) is 55.5 Å². The third kappa shape index (κ3) is 6.32. The van der Waals surface area contributed by atoms with Gasteiger partial charge in [0.2, 0.25) is 0 Å². The van der Waals surface area contributed by atoms with Gasteiger partial charge in [-0.15, -0.1) is 0 Å². The predicted molar refractivity (Wildman–Crippen MR) is 143 cm³/mol. The lowest BCUT2D eigenvalue weighted by atomic mass is 9.88. The summed E-state index contributed by atoms with van der Waals surface area (Å²) in [7, 11) is 0. The molecule has 0 aliphatic carbocycles. The molecule has 8 heteroatoms. The molecule has 0 spiro atoms.